The van der Waals surface area contributed by atoms with Gasteiger partial charge in [0.05, 0.1) is 17.8 Å². The van der Waals surface area contributed by atoms with Crippen LogP contribution >= 0.6 is 0 Å². The third-order valence-corrected chi connectivity index (χ3v) is 5.30. The first-order valence-electron chi connectivity index (χ1n) is 9.15. The molecule has 0 spiro atoms. The highest BCUT2D eigenvalue weighted by molar-refractivity contribution is 5.75. The maximum Gasteiger partial charge on any atom is 0.317 e. The van der Waals surface area contributed by atoms with E-state index in [1.54, 1.807) is 7.11 Å². The van der Waals surface area contributed by atoms with Crippen LogP contribution in [0.2, 0.25) is 0 Å². The second kappa shape index (κ2) is 7.56. The molecule has 2 atom stereocenters. The first-order chi connectivity index (χ1) is 12.0. The van der Waals surface area contributed by atoms with Crippen molar-refractivity contribution in [1.82, 2.24) is 20.4 Å². The fourth-order valence-corrected chi connectivity index (χ4v) is 3.68. The highest BCUT2D eigenvalue weighted by Gasteiger charge is 2.34. The number of carbonyl (C=O) groups excluding carboxylic acids is 1. The van der Waals surface area contributed by atoms with Crippen LogP contribution in [0.5, 0.6) is 0 Å². The molecule has 0 saturated carbocycles. The molecule has 0 aromatic carbocycles. The van der Waals surface area contributed by atoms with Gasteiger partial charge in [-0.25, -0.2) is 4.79 Å². The molecule has 2 unspecified atom stereocenters. The highest BCUT2D eigenvalue weighted by atomic mass is 16.5. The summed E-state index contributed by atoms with van der Waals surface area (Å²) in [6.07, 6.45) is 4.01. The zero-order valence-electron chi connectivity index (χ0n) is 15.5. The number of likely N-dealkylation sites (tertiary alicyclic amines) is 1. The number of ether oxygens (including phenoxy) is 1. The highest BCUT2D eigenvalue weighted by Crippen LogP contribution is 2.24. The minimum absolute atomic E-state index is 0.0183. The number of hydrogen-bond donors (Lipinski definition) is 1. The lowest BCUT2D eigenvalue weighted by Crippen LogP contribution is -2.56. The third-order valence-electron chi connectivity index (χ3n) is 5.30. The second-order valence-electron chi connectivity index (χ2n) is 7.45. The molecule has 1 aromatic heterocycles. The van der Waals surface area contributed by atoms with Crippen molar-refractivity contribution in [2.24, 2.45) is 0 Å². The van der Waals surface area contributed by atoms with Crippen molar-refractivity contribution in [3.8, 4) is 0 Å². The number of urea groups is 1. The third kappa shape index (κ3) is 4.39. The molecule has 0 bridgehead atoms. The molecule has 3 rings (SSSR count). The van der Waals surface area contributed by atoms with E-state index in [1.807, 2.05) is 24.0 Å². The van der Waals surface area contributed by atoms with Crippen LogP contribution in [0.3, 0.4) is 0 Å². The zero-order valence-corrected chi connectivity index (χ0v) is 15.5. The van der Waals surface area contributed by atoms with Crippen LogP contribution in [0.15, 0.2) is 12.1 Å². The predicted octanol–water partition coefficient (Wildman–Crippen LogP) is 1.96. The molecule has 2 aliphatic heterocycles. The van der Waals surface area contributed by atoms with Crippen LogP contribution in [0, 0.1) is 6.92 Å². The summed E-state index contributed by atoms with van der Waals surface area (Å²) in [4.78, 5) is 16.8. The molecule has 25 heavy (non-hydrogen) atoms. The zero-order chi connectivity index (χ0) is 17.9. The number of piperidine rings is 2. The quantitative estimate of drug-likeness (QED) is 0.905. The van der Waals surface area contributed by atoms with Gasteiger partial charge in [0.2, 0.25) is 0 Å². The van der Waals surface area contributed by atoms with Gasteiger partial charge >= 0.3 is 6.03 Å². The minimum atomic E-state index is -0.230. The van der Waals surface area contributed by atoms with Crippen LogP contribution in [0.1, 0.15) is 38.3 Å². The average Bonchev–Trinajstić information content (AvgIpc) is 2.62. The lowest BCUT2D eigenvalue weighted by molar-refractivity contribution is -0.0403. The van der Waals surface area contributed by atoms with Gasteiger partial charge in [-0.1, -0.05) is 0 Å². The van der Waals surface area contributed by atoms with Gasteiger partial charge in [0.1, 0.15) is 0 Å². The van der Waals surface area contributed by atoms with E-state index >= 15 is 0 Å². The molecule has 7 heteroatoms. The van der Waals surface area contributed by atoms with Crippen LogP contribution in [-0.4, -0.2) is 66.1 Å². The second-order valence-corrected chi connectivity index (χ2v) is 7.45. The Labute approximate surface area is 149 Å². The van der Waals surface area contributed by atoms with E-state index in [2.05, 4.69) is 27.3 Å². The van der Waals surface area contributed by atoms with Crippen molar-refractivity contribution >= 4 is 11.8 Å². The first kappa shape index (κ1) is 17.9. The SMILES string of the molecule is COC1(C)CCCN(C(=O)NC2CCCN(c3ccc(C)nn3)C2)C1. The number of hydrogen-bond acceptors (Lipinski definition) is 5. The number of anilines is 1. The van der Waals surface area contributed by atoms with E-state index < -0.39 is 0 Å². The largest absolute Gasteiger partial charge is 0.377 e. The van der Waals surface area contributed by atoms with E-state index in [0.29, 0.717) is 6.54 Å². The van der Waals surface area contributed by atoms with E-state index in [4.69, 9.17) is 4.74 Å². The summed E-state index contributed by atoms with van der Waals surface area (Å²) < 4.78 is 5.59. The fourth-order valence-electron chi connectivity index (χ4n) is 3.68. The molecular weight excluding hydrogens is 318 g/mol. The van der Waals surface area contributed by atoms with Crippen molar-refractivity contribution in [3.05, 3.63) is 17.8 Å². The molecule has 138 valence electrons. The maximum atomic E-state index is 12.7. The van der Waals surface area contributed by atoms with Crippen molar-refractivity contribution in [3.63, 3.8) is 0 Å². The summed E-state index contributed by atoms with van der Waals surface area (Å²) in [6, 6.07) is 4.13. The number of carbonyl (C=O) groups is 1. The van der Waals surface area contributed by atoms with E-state index in [0.717, 1.165) is 56.8 Å². The number of amides is 2. The van der Waals surface area contributed by atoms with Crippen LogP contribution < -0.4 is 10.2 Å². The number of rotatable bonds is 3. The molecule has 2 amide bonds. The van der Waals surface area contributed by atoms with Crippen molar-refractivity contribution < 1.29 is 9.53 Å². The van der Waals surface area contributed by atoms with Gasteiger partial charge in [-0.15, -0.1) is 5.10 Å². The lowest BCUT2D eigenvalue weighted by Gasteiger charge is -2.40. The molecule has 2 fully saturated rings. The molecule has 7 nitrogen and oxygen atoms in total. The summed E-state index contributed by atoms with van der Waals surface area (Å²) in [7, 11) is 1.73. The number of aryl methyl sites for hydroxylation is 1. The Bertz CT molecular complexity index is 594. The molecule has 3 heterocycles. The number of nitrogens with zero attached hydrogens (tertiary/aromatic N) is 4. The van der Waals surface area contributed by atoms with E-state index in [1.165, 1.54) is 0 Å². The Morgan fingerprint density at radius 3 is 2.88 bits per heavy atom. The van der Waals surface area contributed by atoms with Crippen molar-refractivity contribution in [2.45, 2.75) is 51.2 Å². The van der Waals surface area contributed by atoms with Gasteiger partial charge in [0, 0.05) is 32.8 Å². The smallest absolute Gasteiger partial charge is 0.317 e. The normalized spacial score (nSPS) is 27.2. The first-order valence-corrected chi connectivity index (χ1v) is 9.15. The van der Waals surface area contributed by atoms with Gasteiger partial charge < -0.3 is 19.9 Å². The molecule has 1 N–H and O–H groups in total. The van der Waals surface area contributed by atoms with E-state index in [-0.39, 0.29) is 17.7 Å². The molecule has 0 aliphatic carbocycles. The molecule has 0 radical (unpaired) electrons. The lowest BCUT2D eigenvalue weighted by atomic mass is 9.95. The molecule has 2 aliphatic rings. The number of methoxy groups -OCH3 is 1. The summed E-state index contributed by atoms with van der Waals surface area (Å²) in [5.41, 5.74) is 0.683. The Morgan fingerprint density at radius 2 is 2.16 bits per heavy atom. The summed E-state index contributed by atoms with van der Waals surface area (Å²) >= 11 is 0. The Balaban J connectivity index is 1.57. The van der Waals surface area contributed by atoms with Gasteiger partial charge in [0.25, 0.3) is 0 Å². The Kier molecular flexibility index (Phi) is 5.42. The standard InChI is InChI=1S/C18H29N5O2/c1-14-7-8-16(21-20-14)22-10-4-6-15(12-22)19-17(24)23-11-5-9-18(2,13-23)25-3/h7-8,15H,4-6,9-13H2,1-3H3,(H,19,24). The molecule has 2 saturated heterocycles. The van der Waals surface area contributed by atoms with Gasteiger partial charge in [-0.05, 0) is 51.7 Å². The van der Waals surface area contributed by atoms with E-state index in [9.17, 15) is 4.79 Å². The van der Waals surface area contributed by atoms with Crippen LogP contribution in [0.25, 0.3) is 0 Å². The average molecular weight is 347 g/mol. The van der Waals surface area contributed by atoms with Crippen LogP contribution in [0.4, 0.5) is 10.6 Å². The molecule has 1 aromatic rings. The predicted molar refractivity (Wildman–Crippen MR) is 96.8 cm³/mol. The number of nitrogens with one attached hydrogen (secondary N) is 1. The van der Waals surface area contributed by atoms with Gasteiger partial charge in [0.15, 0.2) is 5.82 Å². The minimum Gasteiger partial charge on any atom is -0.377 e. The van der Waals surface area contributed by atoms with Gasteiger partial charge in [-0.3, -0.25) is 0 Å². The topological polar surface area (TPSA) is 70.6 Å². The Morgan fingerprint density at radius 1 is 1.32 bits per heavy atom. The van der Waals surface area contributed by atoms with Crippen LogP contribution in [-0.2, 0) is 4.74 Å². The maximum absolute atomic E-state index is 12.7. The summed E-state index contributed by atoms with van der Waals surface area (Å²) in [6.45, 7) is 7.18. The number of aromatic nitrogens is 2. The molecular formula is C18H29N5O2. The van der Waals surface area contributed by atoms with Gasteiger partial charge in [-0.2, -0.15) is 5.10 Å². The monoisotopic (exact) mass is 347 g/mol. The summed E-state index contributed by atoms with van der Waals surface area (Å²) in [5.74, 6) is 0.884. The Hall–Kier alpha value is -1.89. The summed E-state index contributed by atoms with van der Waals surface area (Å²) in [5, 5.41) is 11.6. The van der Waals surface area contributed by atoms with Crippen molar-refractivity contribution in [2.75, 3.05) is 38.2 Å². The fraction of sp³-hybridized carbons (Fsp3) is 0.722. The van der Waals surface area contributed by atoms with Crippen molar-refractivity contribution in [1.29, 1.82) is 0 Å².